The Morgan fingerprint density at radius 1 is 1.35 bits per heavy atom. The van der Waals surface area contributed by atoms with Crippen LogP contribution in [-0.2, 0) is 13.5 Å². The van der Waals surface area contributed by atoms with Crippen LogP contribution < -0.4 is 10.1 Å². The topological polar surface area (TPSA) is 56.1 Å². The van der Waals surface area contributed by atoms with Gasteiger partial charge in [0, 0.05) is 24.3 Å². The smallest absolute Gasteiger partial charge is 0.262 e. The van der Waals surface area contributed by atoms with E-state index in [0.29, 0.717) is 0 Å². The summed E-state index contributed by atoms with van der Waals surface area (Å²) in [6, 6.07) is 9.32. The van der Waals surface area contributed by atoms with Gasteiger partial charge in [0.25, 0.3) is 5.91 Å². The molecule has 0 fully saturated rings. The number of methoxy groups -OCH3 is 1. The van der Waals surface area contributed by atoms with E-state index in [1.807, 2.05) is 55.1 Å². The lowest BCUT2D eigenvalue weighted by molar-refractivity contribution is 0.0945. The maximum Gasteiger partial charge on any atom is 0.262 e. The average molecular weight is 369 g/mol. The second-order valence-electron chi connectivity index (χ2n) is 6.15. The molecule has 0 aliphatic rings. The minimum absolute atomic E-state index is 0.0818. The van der Waals surface area contributed by atoms with Gasteiger partial charge in [-0.15, -0.1) is 11.3 Å². The molecule has 3 aromatic rings. The number of imidazole rings is 1. The molecular formula is C20H23N3O2S. The first-order chi connectivity index (χ1) is 12.5. The predicted molar refractivity (Wildman–Crippen MR) is 104 cm³/mol. The molecule has 0 saturated carbocycles. The van der Waals surface area contributed by atoms with Crippen molar-refractivity contribution in [2.75, 3.05) is 7.11 Å². The molecule has 1 atom stereocenters. The molecule has 0 saturated heterocycles. The lowest BCUT2D eigenvalue weighted by atomic mass is 10.1. The zero-order chi connectivity index (χ0) is 18.7. The van der Waals surface area contributed by atoms with Crippen LogP contribution in [0, 0.1) is 6.92 Å². The Balaban J connectivity index is 1.92. The number of amides is 1. The normalized spacial score (nSPS) is 12.0. The Morgan fingerprint density at radius 2 is 2.08 bits per heavy atom. The van der Waals surface area contributed by atoms with Gasteiger partial charge >= 0.3 is 0 Å². The van der Waals surface area contributed by atoms with Crippen LogP contribution in [0.5, 0.6) is 5.75 Å². The summed E-state index contributed by atoms with van der Waals surface area (Å²) in [5.41, 5.74) is 2.12. The molecule has 0 bridgehead atoms. The summed E-state index contributed by atoms with van der Waals surface area (Å²) in [5, 5.41) is 3.14. The highest BCUT2D eigenvalue weighted by molar-refractivity contribution is 7.14. The largest absolute Gasteiger partial charge is 0.497 e. The van der Waals surface area contributed by atoms with Crippen LogP contribution in [0.25, 0.3) is 0 Å². The second-order valence-corrected chi connectivity index (χ2v) is 7.28. The summed E-state index contributed by atoms with van der Waals surface area (Å²) in [5.74, 6) is 1.48. The van der Waals surface area contributed by atoms with E-state index in [-0.39, 0.29) is 11.9 Å². The van der Waals surface area contributed by atoms with E-state index in [0.717, 1.165) is 28.4 Å². The number of hydrogen-bond donors (Lipinski definition) is 1. The van der Waals surface area contributed by atoms with E-state index in [1.165, 1.54) is 10.4 Å². The summed E-state index contributed by atoms with van der Waals surface area (Å²) < 4.78 is 7.16. The number of nitrogens with zero attached hydrogens (tertiary/aromatic N) is 2. The van der Waals surface area contributed by atoms with E-state index in [1.54, 1.807) is 24.6 Å². The van der Waals surface area contributed by atoms with Gasteiger partial charge in [-0.3, -0.25) is 4.79 Å². The van der Waals surface area contributed by atoms with Gasteiger partial charge in [-0.25, -0.2) is 4.98 Å². The number of nitrogens with one attached hydrogen (secondary N) is 1. The van der Waals surface area contributed by atoms with Gasteiger partial charge in [0.1, 0.15) is 17.6 Å². The predicted octanol–water partition coefficient (Wildman–Crippen LogP) is 3.88. The van der Waals surface area contributed by atoms with Crippen molar-refractivity contribution >= 4 is 17.2 Å². The third-order valence-corrected chi connectivity index (χ3v) is 5.79. The van der Waals surface area contributed by atoms with Gasteiger partial charge in [0.05, 0.1) is 12.0 Å². The summed E-state index contributed by atoms with van der Waals surface area (Å²) >= 11 is 1.55. The van der Waals surface area contributed by atoms with Gasteiger partial charge in [-0.05, 0) is 42.7 Å². The summed E-state index contributed by atoms with van der Waals surface area (Å²) in [6.07, 6.45) is 4.55. The van der Waals surface area contributed by atoms with Crippen LogP contribution in [0.3, 0.4) is 0 Å². The second kappa shape index (κ2) is 7.74. The van der Waals surface area contributed by atoms with Crippen LogP contribution in [-0.4, -0.2) is 22.6 Å². The highest BCUT2D eigenvalue weighted by atomic mass is 32.1. The van der Waals surface area contributed by atoms with Crippen LogP contribution in [0.1, 0.15) is 44.5 Å². The maximum atomic E-state index is 12.9. The molecule has 136 valence electrons. The summed E-state index contributed by atoms with van der Waals surface area (Å²) in [6.45, 7) is 4.15. The van der Waals surface area contributed by atoms with Gasteiger partial charge in [0.2, 0.25) is 0 Å². The SMILES string of the molecule is CCc1sc(C(=O)NC(c2ccc(OC)cc2)c2nccn2C)cc1C. The molecule has 1 unspecified atom stereocenters. The van der Waals surface area contributed by atoms with Crippen molar-refractivity contribution in [1.82, 2.24) is 14.9 Å². The van der Waals surface area contributed by atoms with E-state index in [2.05, 4.69) is 17.2 Å². The molecule has 26 heavy (non-hydrogen) atoms. The fourth-order valence-corrected chi connectivity index (χ4v) is 3.95. The van der Waals surface area contributed by atoms with Crippen LogP contribution in [0.4, 0.5) is 0 Å². The molecular weight excluding hydrogens is 346 g/mol. The molecule has 0 spiro atoms. The number of rotatable bonds is 6. The molecule has 0 aliphatic heterocycles. The minimum atomic E-state index is -0.333. The highest BCUT2D eigenvalue weighted by Crippen LogP contribution is 2.26. The standard InChI is InChI=1S/C20H23N3O2S/c1-5-16-13(2)12-17(26-16)20(24)22-18(19-21-10-11-23(19)3)14-6-8-15(25-4)9-7-14/h6-12,18H,5H2,1-4H3,(H,22,24). The van der Waals surface area contributed by atoms with Crippen molar-refractivity contribution in [1.29, 1.82) is 0 Å². The first-order valence-electron chi connectivity index (χ1n) is 8.54. The first-order valence-corrected chi connectivity index (χ1v) is 9.36. The summed E-state index contributed by atoms with van der Waals surface area (Å²) in [7, 11) is 3.56. The van der Waals surface area contributed by atoms with Crippen molar-refractivity contribution < 1.29 is 9.53 Å². The number of thiophene rings is 1. The van der Waals surface area contributed by atoms with Crippen molar-refractivity contribution in [3.63, 3.8) is 0 Å². The quantitative estimate of drug-likeness (QED) is 0.717. The molecule has 6 heteroatoms. The Morgan fingerprint density at radius 3 is 2.62 bits per heavy atom. The number of aromatic nitrogens is 2. The third kappa shape index (κ3) is 3.65. The fourth-order valence-electron chi connectivity index (χ4n) is 2.93. The first kappa shape index (κ1) is 18.2. The van der Waals surface area contributed by atoms with E-state index < -0.39 is 0 Å². The Labute approximate surface area is 157 Å². The van der Waals surface area contributed by atoms with E-state index >= 15 is 0 Å². The van der Waals surface area contributed by atoms with Gasteiger partial charge in [0.15, 0.2) is 0 Å². The van der Waals surface area contributed by atoms with Crippen LogP contribution in [0.2, 0.25) is 0 Å². The number of ether oxygens (including phenoxy) is 1. The number of carbonyl (C=O) groups is 1. The zero-order valence-corrected chi connectivity index (χ0v) is 16.3. The Hall–Kier alpha value is -2.60. The lowest BCUT2D eigenvalue weighted by Gasteiger charge is -2.19. The van der Waals surface area contributed by atoms with Crippen molar-refractivity contribution in [3.05, 3.63) is 69.4 Å². The average Bonchev–Trinajstić information content (AvgIpc) is 3.25. The third-order valence-electron chi connectivity index (χ3n) is 4.41. The molecule has 2 heterocycles. The van der Waals surface area contributed by atoms with Crippen LogP contribution in [0.15, 0.2) is 42.7 Å². The maximum absolute atomic E-state index is 12.9. The molecule has 1 amide bonds. The van der Waals surface area contributed by atoms with Crippen molar-refractivity contribution in [3.8, 4) is 5.75 Å². The van der Waals surface area contributed by atoms with Crippen molar-refractivity contribution in [2.45, 2.75) is 26.3 Å². The minimum Gasteiger partial charge on any atom is -0.497 e. The molecule has 0 radical (unpaired) electrons. The molecule has 3 rings (SSSR count). The molecule has 5 nitrogen and oxygen atoms in total. The number of aryl methyl sites for hydroxylation is 3. The lowest BCUT2D eigenvalue weighted by Crippen LogP contribution is -2.30. The zero-order valence-electron chi connectivity index (χ0n) is 15.4. The fraction of sp³-hybridized carbons (Fsp3) is 0.300. The number of hydrogen-bond acceptors (Lipinski definition) is 4. The molecule has 2 aromatic heterocycles. The van der Waals surface area contributed by atoms with E-state index in [4.69, 9.17) is 4.74 Å². The van der Waals surface area contributed by atoms with Crippen LogP contribution >= 0.6 is 11.3 Å². The molecule has 1 aromatic carbocycles. The van der Waals surface area contributed by atoms with Gasteiger partial charge < -0.3 is 14.6 Å². The summed E-state index contributed by atoms with van der Waals surface area (Å²) in [4.78, 5) is 19.3. The number of carbonyl (C=O) groups excluding carboxylic acids is 1. The number of benzene rings is 1. The highest BCUT2D eigenvalue weighted by Gasteiger charge is 2.22. The van der Waals surface area contributed by atoms with Gasteiger partial charge in [-0.2, -0.15) is 0 Å². The van der Waals surface area contributed by atoms with E-state index in [9.17, 15) is 4.79 Å². The Kier molecular flexibility index (Phi) is 5.42. The molecule has 0 aliphatic carbocycles. The Bertz CT molecular complexity index is 896. The van der Waals surface area contributed by atoms with Crippen molar-refractivity contribution in [2.24, 2.45) is 7.05 Å². The monoisotopic (exact) mass is 369 g/mol. The van der Waals surface area contributed by atoms with Gasteiger partial charge in [-0.1, -0.05) is 19.1 Å². The molecule has 1 N–H and O–H groups in total.